The summed E-state index contributed by atoms with van der Waals surface area (Å²) in [5.74, 6) is 0.716. The third-order valence-electron chi connectivity index (χ3n) is 4.59. The predicted molar refractivity (Wildman–Crippen MR) is 132 cm³/mol. The molecule has 0 bridgehead atoms. The molecule has 2 amide bonds. The van der Waals surface area contributed by atoms with Gasteiger partial charge < -0.3 is 10.2 Å². The van der Waals surface area contributed by atoms with E-state index in [0.29, 0.717) is 22.2 Å². The Balaban J connectivity index is 2.16. The van der Waals surface area contributed by atoms with Crippen molar-refractivity contribution in [1.29, 1.82) is 0 Å². The van der Waals surface area contributed by atoms with E-state index in [1.54, 1.807) is 11.0 Å². The summed E-state index contributed by atoms with van der Waals surface area (Å²) in [6, 6.07) is 14.4. The Morgan fingerprint density at radius 1 is 1.06 bits per heavy atom. The van der Waals surface area contributed by atoms with E-state index in [9.17, 15) is 9.59 Å². The van der Waals surface area contributed by atoms with E-state index in [1.165, 1.54) is 11.8 Å². The number of hydrogen-bond acceptors (Lipinski definition) is 3. The number of benzene rings is 2. The number of rotatable bonds is 9. The number of thioether (sulfide) groups is 1. The molecule has 0 saturated heterocycles. The third kappa shape index (κ3) is 8.40. The Bertz CT molecular complexity index is 882. The number of nitrogens with zero attached hydrogens (tertiary/aromatic N) is 1. The van der Waals surface area contributed by atoms with Gasteiger partial charge in [0, 0.05) is 27.9 Å². The Morgan fingerprint density at radius 3 is 2.29 bits per heavy atom. The highest BCUT2D eigenvalue weighted by molar-refractivity contribution is 7.99. The molecule has 0 aliphatic carbocycles. The van der Waals surface area contributed by atoms with Crippen molar-refractivity contribution < 1.29 is 9.59 Å². The molecule has 2 rings (SSSR count). The van der Waals surface area contributed by atoms with Gasteiger partial charge in [0.2, 0.25) is 11.8 Å². The van der Waals surface area contributed by atoms with Gasteiger partial charge in [0.25, 0.3) is 0 Å². The molecule has 168 valence electrons. The van der Waals surface area contributed by atoms with Crippen LogP contribution in [0, 0.1) is 0 Å². The molecule has 1 atom stereocenters. The van der Waals surface area contributed by atoms with Crippen LogP contribution in [0.4, 0.5) is 0 Å². The highest BCUT2D eigenvalue weighted by Gasteiger charge is 2.30. The molecular weight excluding hydrogens is 451 g/mol. The fraction of sp³-hybridized carbons (Fsp3) is 0.417. The number of carbonyl (C=O) groups excluding carboxylic acids is 2. The van der Waals surface area contributed by atoms with Crippen molar-refractivity contribution in [3.8, 4) is 0 Å². The molecule has 0 fully saturated rings. The zero-order valence-electron chi connectivity index (χ0n) is 18.5. The molecule has 4 nitrogen and oxygen atoms in total. The number of hydrogen-bond donors (Lipinski definition) is 1. The Kier molecular flexibility index (Phi) is 9.73. The second-order valence-electron chi connectivity index (χ2n) is 8.40. The lowest BCUT2D eigenvalue weighted by Gasteiger charge is -2.33. The molecule has 31 heavy (non-hydrogen) atoms. The quantitative estimate of drug-likeness (QED) is 0.482. The normalized spacial score (nSPS) is 12.3. The second-order valence-corrected chi connectivity index (χ2v) is 10.2. The maximum atomic E-state index is 13.2. The largest absolute Gasteiger partial charge is 0.350 e. The molecule has 2 aromatic rings. The van der Waals surface area contributed by atoms with Crippen molar-refractivity contribution in [3.05, 3.63) is 69.7 Å². The fourth-order valence-corrected chi connectivity index (χ4v) is 4.29. The van der Waals surface area contributed by atoms with Gasteiger partial charge in [-0.3, -0.25) is 9.59 Å². The van der Waals surface area contributed by atoms with Crippen LogP contribution in [0.25, 0.3) is 0 Å². The predicted octanol–water partition coefficient (Wildman–Crippen LogP) is 5.95. The van der Waals surface area contributed by atoms with Crippen LogP contribution in [0.3, 0.4) is 0 Å². The van der Waals surface area contributed by atoms with Crippen LogP contribution >= 0.6 is 35.0 Å². The average molecular weight is 481 g/mol. The summed E-state index contributed by atoms with van der Waals surface area (Å²) in [5, 5.41) is 4.28. The van der Waals surface area contributed by atoms with Crippen molar-refractivity contribution >= 4 is 46.8 Å². The summed E-state index contributed by atoms with van der Waals surface area (Å²) in [5.41, 5.74) is 1.53. The van der Waals surface area contributed by atoms with Crippen molar-refractivity contribution in [1.82, 2.24) is 10.2 Å². The molecule has 1 N–H and O–H groups in total. The van der Waals surface area contributed by atoms with Crippen molar-refractivity contribution in [2.75, 3.05) is 5.75 Å². The van der Waals surface area contributed by atoms with E-state index in [1.807, 2.05) is 70.2 Å². The van der Waals surface area contributed by atoms with Gasteiger partial charge in [-0.25, -0.2) is 0 Å². The van der Waals surface area contributed by atoms with E-state index >= 15 is 0 Å². The SMILES string of the molecule is CC[C@H](C(=O)NC(C)(C)C)N(Cc1ccccc1Cl)C(=O)CSCc1ccc(Cl)cc1. The van der Waals surface area contributed by atoms with Gasteiger partial charge in [-0.05, 0) is 56.5 Å². The van der Waals surface area contributed by atoms with Crippen LogP contribution in [-0.2, 0) is 21.9 Å². The van der Waals surface area contributed by atoms with Gasteiger partial charge in [0.1, 0.15) is 6.04 Å². The first-order valence-corrected chi connectivity index (χ1v) is 12.2. The van der Waals surface area contributed by atoms with Gasteiger partial charge in [-0.2, -0.15) is 0 Å². The number of halogens is 2. The van der Waals surface area contributed by atoms with Crippen LogP contribution in [-0.4, -0.2) is 34.0 Å². The van der Waals surface area contributed by atoms with E-state index in [4.69, 9.17) is 23.2 Å². The van der Waals surface area contributed by atoms with Crippen molar-refractivity contribution in [2.45, 2.75) is 58.0 Å². The molecular formula is C24H30Cl2N2O2S. The maximum absolute atomic E-state index is 13.2. The van der Waals surface area contributed by atoms with Crippen LogP contribution in [0.1, 0.15) is 45.2 Å². The van der Waals surface area contributed by atoms with Gasteiger partial charge in [0.05, 0.1) is 5.75 Å². The average Bonchev–Trinajstić information content (AvgIpc) is 2.69. The molecule has 0 saturated carbocycles. The smallest absolute Gasteiger partial charge is 0.243 e. The van der Waals surface area contributed by atoms with Gasteiger partial charge in [0.15, 0.2) is 0 Å². The lowest BCUT2D eigenvalue weighted by molar-refractivity contribution is -0.140. The zero-order valence-corrected chi connectivity index (χ0v) is 20.8. The highest BCUT2D eigenvalue weighted by atomic mass is 35.5. The first kappa shape index (κ1) is 25.6. The fourth-order valence-electron chi connectivity index (χ4n) is 3.10. The molecule has 0 aliphatic rings. The summed E-state index contributed by atoms with van der Waals surface area (Å²) < 4.78 is 0. The first-order chi connectivity index (χ1) is 14.6. The Morgan fingerprint density at radius 2 is 1.71 bits per heavy atom. The monoisotopic (exact) mass is 480 g/mol. The summed E-state index contributed by atoms with van der Waals surface area (Å²) >= 11 is 13.8. The maximum Gasteiger partial charge on any atom is 0.243 e. The van der Waals surface area contributed by atoms with Crippen LogP contribution in [0.15, 0.2) is 48.5 Å². The van der Waals surface area contributed by atoms with Crippen molar-refractivity contribution in [2.24, 2.45) is 0 Å². The van der Waals surface area contributed by atoms with Gasteiger partial charge in [-0.15, -0.1) is 11.8 Å². The van der Waals surface area contributed by atoms with Gasteiger partial charge in [-0.1, -0.05) is 60.5 Å². The molecule has 2 aromatic carbocycles. The second kappa shape index (κ2) is 11.8. The van der Waals surface area contributed by atoms with E-state index in [-0.39, 0.29) is 29.7 Å². The zero-order chi connectivity index (χ0) is 23.0. The summed E-state index contributed by atoms with van der Waals surface area (Å²) in [4.78, 5) is 27.9. The minimum absolute atomic E-state index is 0.0882. The molecule has 0 heterocycles. The van der Waals surface area contributed by atoms with Crippen LogP contribution < -0.4 is 5.32 Å². The topological polar surface area (TPSA) is 49.4 Å². The lowest BCUT2D eigenvalue weighted by Crippen LogP contribution is -2.53. The highest BCUT2D eigenvalue weighted by Crippen LogP contribution is 2.22. The van der Waals surface area contributed by atoms with E-state index in [0.717, 1.165) is 11.1 Å². The van der Waals surface area contributed by atoms with E-state index < -0.39 is 6.04 Å². The summed E-state index contributed by atoms with van der Waals surface area (Å²) in [7, 11) is 0. The molecule has 0 aliphatic heterocycles. The number of carbonyl (C=O) groups is 2. The summed E-state index contributed by atoms with van der Waals surface area (Å²) in [6.45, 7) is 8.00. The molecule has 0 aromatic heterocycles. The summed E-state index contributed by atoms with van der Waals surface area (Å²) in [6.07, 6.45) is 0.514. The van der Waals surface area contributed by atoms with Crippen LogP contribution in [0.5, 0.6) is 0 Å². The molecule has 0 radical (unpaired) electrons. The van der Waals surface area contributed by atoms with Crippen LogP contribution in [0.2, 0.25) is 10.0 Å². The molecule has 0 spiro atoms. The van der Waals surface area contributed by atoms with E-state index in [2.05, 4.69) is 5.32 Å². The standard InChI is InChI=1S/C24H30Cl2N2O2S/c1-5-21(23(30)27-24(2,3)4)28(14-18-8-6-7-9-20(18)26)22(29)16-31-15-17-10-12-19(25)13-11-17/h6-13,21H,5,14-16H2,1-4H3,(H,27,30)/t21-/m1/s1. The number of amides is 2. The first-order valence-electron chi connectivity index (χ1n) is 10.3. The third-order valence-corrected chi connectivity index (χ3v) is 6.20. The minimum Gasteiger partial charge on any atom is -0.350 e. The minimum atomic E-state index is -0.570. The molecule has 7 heteroatoms. The van der Waals surface area contributed by atoms with Crippen molar-refractivity contribution in [3.63, 3.8) is 0 Å². The Hall–Kier alpha value is -1.69. The lowest BCUT2D eigenvalue weighted by atomic mass is 10.1. The number of nitrogens with one attached hydrogen (secondary N) is 1. The molecule has 0 unspecified atom stereocenters. The Labute approximate surface area is 199 Å². The van der Waals surface area contributed by atoms with Gasteiger partial charge >= 0.3 is 0 Å².